The summed E-state index contributed by atoms with van der Waals surface area (Å²) in [7, 11) is 0. The van der Waals surface area contributed by atoms with Crippen LogP contribution in [0.5, 0.6) is 0 Å². The molecular formula is C26H20N2O3S. The minimum absolute atomic E-state index is 0.00710. The predicted octanol–water partition coefficient (Wildman–Crippen LogP) is 5.87. The molecule has 0 atom stereocenters. The fraction of sp³-hybridized carbons (Fsp3) is 0.115. The van der Waals surface area contributed by atoms with Gasteiger partial charge in [0.05, 0.1) is 22.1 Å². The SMILES string of the molecule is Cc1ccc(C)c2sc(N(Cc3ccccc3)C(=O)c3coc4ccccc4c3=O)nc12. The smallest absolute Gasteiger partial charge is 0.267 e. The molecule has 2 heterocycles. The number of aromatic nitrogens is 1. The Hall–Kier alpha value is -3.77. The van der Waals surface area contributed by atoms with Gasteiger partial charge in [0.15, 0.2) is 5.13 Å². The van der Waals surface area contributed by atoms with Gasteiger partial charge in [-0.15, -0.1) is 0 Å². The van der Waals surface area contributed by atoms with Crippen LogP contribution in [-0.4, -0.2) is 10.9 Å². The van der Waals surface area contributed by atoms with Crippen molar-refractivity contribution in [1.82, 2.24) is 4.98 Å². The Morgan fingerprint density at radius 3 is 2.47 bits per heavy atom. The number of nitrogens with zero attached hydrogens (tertiary/aromatic N) is 2. The highest BCUT2D eigenvalue weighted by molar-refractivity contribution is 7.22. The van der Waals surface area contributed by atoms with E-state index in [1.807, 2.05) is 50.2 Å². The van der Waals surface area contributed by atoms with Crippen LogP contribution in [0.1, 0.15) is 27.0 Å². The average molecular weight is 441 g/mol. The Labute approximate surface area is 188 Å². The fourth-order valence-corrected chi connectivity index (χ4v) is 4.84. The lowest BCUT2D eigenvalue weighted by Gasteiger charge is -2.19. The van der Waals surface area contributed by atoms with Crippen molar-refractivity contribution in [3.8, 4) is 0 Å². The molecule has 0 unspecified atom stereocenters. The Kier molecular flexibility index (Phi) is 5.07. The van der Waals surface area contributed by atoms with Gasteiger partial charge in [-0.2, -0.15) is 0 Å². The molecule has 5 rings (SSSR count). The zero-order valence-electron chi connectivity index (χ0n) is 17.7. The number of para-hydroxylation sites is 1. The third kappa shape index (κ3) is 3.48. The summed E-state index contributed by atoms with van der Waals surface area (Å²) < 4.78 is 6.65. The normalized spacial score (nSPS) is 11.2. The molecule has 0 fully saturated rings. The fourth-order valence-electron chi connectivity index (χ4n) is 3.73. The number of thiazole rings is 1. The van der Waals surface area contributed by atoms with Crippen molar-refractivity contribution in [2.75, 3.05) is 4.90 Å². The second-order valence-electron chi connectivity index (χ2n) is 7.73. The zero-order valence-corrected chi connectivity index (χ0v) is 18.5. The molecule has 3 aromatic carbocycles. The van der Waals surface area contributed by atoms with Gasteiger partial charge in [0, 0.05) is 0 Å². The molecule has 2 aromatic heterocycles. The molecule has 5 aromatic rings. The van der Waals surface area contributed by atoms with Crippen LogP contribution >= 0.6 is 11.3 Å². The molecule has 0 spiro atoms. The van der Waals surface area contributed by atoms with Crippen LogP contribution in [0.25, 0.3) is 21.2 Å². The van der Waals surface area contributed by atoms with Crippen LogP contribution in [0.2, 0.25) is 0 Å². The Morgan fingerprint density at radius 1 is 0.969 bits per heavy atom. The first kappa shape index (κ1) is 20.2. The van der Waals surface area contributed by atoms with E-state index >= 15 is 0 Å². The maximum absolute atomic E-state index is 13.7. The van der Waals surface area contributed by atoms with Crippen LogP contribution in [0.15, 0.2) is 82.2 Å². The average Bonchev–Trinajstić information content (AvgIpc) is 3.27. The highest BCUT2D eigenvalue weighted by Gasteiger charge is 2.26. The van der Waals surface area contributed by atoms with E-state index in [4.69, 9.17) is 9.40 Å². The Bertz CT molecular complexity index is 1480. The molecule has 0 N–H and O–H groups in total. The first-order chi connectivity index (χ1) is 15.5. The Balaban J connectivity index is 1.66. The summed E-state index contributed by atoms with van der Waals surface area (Å²) in [6.45, 7) is 4.33. The molecule has 0 bridgehead atoms. The van der Waals surface area contributed by atoms with Gasteiger partial charge in [0.2, 0.25) is 5.43 Å². The van der Waals surface area contributed by atoms with Crippen molar-refractivity contribution < 1.29 is 9.21 Å². The van der Waals surface area contributed by atoms with Crippen LogP contribution in [0.3, 0.4) is 0 Å². The third-order valence-electron chi connectivity index (χ3n) is 5.50. The summed E-state index contributed by atoms with van der Waals surface area (Å²) in [5, 5.41) is 0.938. The number of carbonyl (C=O) groups excluding carboxylic acids is 1. The van der Waals surface area contributed by atoms with E-state index in [-0.39, 0.29) is 11.0 Å². The lowest BCUT2D eigenvalue weighted by Crippen LogP contribution is -2.33. The monoisotopic (exact) mass is 440 g/mol. The summed E-state index contributed by atoms with van der Waals surface area (Å²) in [5.74, 6) is -0.428. The number of amides is 1. The van der Waals surface area contributed by atoms with Gasteiger partial charge in [-0.25, -0.2) is 4.98 Å². The van der Waals surface area contributed by atoms with Crippen molar-refractivity contribution in [2.24, 2.45) is 0 Å². The maximum atomic E-state index is 13.7. The summed E-state index contributed by atoms with van der Waals surface area (Å²) in [6.07, 6.45) is 1.26. The lowest BCUT2D eigenvalue weighted by molar-refractivity contribution is 0.0982. The summed E-state index contributed by atoms with van der Waals surface area (Å²) >= 11 is 1.46. The molecule has 0 radical (unpaired) electrons. The number of anilines is 1. The topological polar surface area (TPSA) is 63.4 Å². The second kappa shape index (κ2) is 8.05. The van der Waals surface area contributed by atoms with Crippen LogP contribution in [0, 0.1) is 13.8 Å². The first-order valence-corrected chi connectivity index (χ1v) is 11.1. The standard InChI is InChI=1S/C26H20N2O3S/c1-16-12-13-17(2)24-22(16)27-26(32-24)28(14-18-8-4-3-5-9-18)25(30)20-15-31-21-11-7-6-10-19(21)23(20)29/h3-13,15H,14H2,1-2H3. The van der Waals surface area contributed by atoms with Gasteiger partial charge >= 0.3 is 0 Å². The van der Waals surface area contributed by atoms with Crippen molar-refractivity contribution >= 4 is 43.6 Å². The number of fused-ring (bicyclic) bond motifs is 2. The van der Waals surface area contributed by atoms with E-state index < -0.39 is 5.91 Å². The van der Waals surface area contributed by atoms with Crippen molar-refractivity contribution in [1.29, 1.82) is 0 Å². The molecule has 0 saturated carbocycles. The highest BCUT2D eigenvalue weighted by Crippen LogP contribution is 2.34. The van der Waals surface area contributed by atoms with Gasteiger partial charge in [-0.1, -0.05) is 65.9 Å². The number of benzene rings is 3. The third-order valence-corrected chi connectivity index (χ3v) is 6.71. The number of aryl methyl sites for hydroxylation is 2. The molecule has 0 aliphatic carbocycles. The first-order valence-electron chi connectivity index (χ1n) is 10.3. The summed E-state index contributed by atoms with van der Waals surface area (Å²) in [4.78, 5) is 33.2. The molecule has 158 valence electrons. The number of hydrogen-bond acceptors (Lipinski definition) is 5. The van der Waals surface area contributed by atoms with Crippen molar-refractivity contribution in [2.45, 2.75) is 20.4 Å². The van der Waals surface area contributed by atoms with Crippen LogP contribution in [-0.2, 0) is 6.54 Å². The van der Waals surface area contributed by atoms with E-state index in [1.165, 1.54) is 17.6 Å². The van der Waals surface area contributed by atoms with E-state index in [0.717, 1.165) is 26.9 Å². The number of carbonyl (C=O) groups is 1. The molecule has 32 heavy (non-hydrogen) atoms. The molecule has 5 nitrogen and oxygen atoms in total. The summed E-state index contributed by atoms with van der Waals surface area (Å²) in [6, 6.07) is 20.7. The van der Waals surface area contributed by atoms with Crippen LogP contribution in [0.4, 0.5) is 5.13 Å². The minimum atomic E-state index is -0.428. The summed E-state index contributed by atoms with van der Waals surface area (Å²) in [5.41, 5.74) is 4.07. The zero-order chi connectivity index (χ0) is 22.2. The highest BCUT2D eigenvalue weighted by atomic mass is 32.1. The number of rotatable bonds is 4. The van der Waals surface area contributed by atoms with Crippen molar-refractivity contribution in [3.05, 3.63) is 105 Å². The molecule has 0 saturated heterocycles. The van der Waals surface area contributed by atoms with Gasteiger partial charge in [-0.3, -0.25) is 14.5 Å². The maximum Gasteiger partial charge on any atom is 0.267 e. The van der Waals surface area contributed by atoms with E-state index in [1.54, 1.807) is 29.2 Å². The Morgan fingerprint density at radius 2 is 1.69 bits per heavy atom. The molecule has 6 heteroatoms. The second-order valence-corrected chi connectivity index (χ2v) is 8.70. The molecule has 0 aliphatic rings. The number of hydrogen-bond donors (Lipinski definition) is 0. The van der Waals surface area contributed by atoms with Gasteiger partial charge < -0.3 is 4.42 Å². The molecular weight excluding hydrogens is 420 g/mol. The quantitative estimate of drug-likeness (QED) is 0.351. The molecule has 0 aliphatic heterocycles. The van der Waals surface area contributed by atoms with Gasteiger partial charge in [0.25, 0.3) is 5.91 Å². The van der Waals surface area contributed by atoms with E-state index in [2.05, 4.69) is 6.07 Å². The minimum Gasteiger partial charge on any atom is -0.463 e. The van der Waals surface area contributed by atoms with Gasteiger partial charge in [-0.05, 0) is 42.7 Å². The van der Waals surface area contributed by atoms with Crippen LogP contribution < -0.4 is 10.3 Å². The predicted molar refractivity (Wildman–Crippen MR) is 129 cm³/mol. The lowest BCUT2D eigenvalue weighted by atomic mass is 10.1. The van der Waals surface area contributed by atoms with E-state index in [0.29, 0.717) is 22.6 Å². The molecule has 1 amide bonds. The largest absolute Gasteiger partial charge is 0.463 e. The van der Waals surface area contributed by atoms with Crippen molar-refractivity contribution in [3.63, 3.8) is 0 Å². The van der Waals surface area contributed by atoms with E-state index in [9.17, 15) is 9.59 Å². The van der Waals surface area contributed by atoms with Gasteiger partial charge in [0.1, 0.15) is 17.4 Å².